The molecular formula is C16H34N2O2. The number of carbonyl (C=O) groups is 1. The van der Waals surface area contributed by atoms with Crippen molar-refractivity contribution in [3.05, 3.63) is 5.21 Å². The molecule has 0 unspecified atom stereocenters. The third-order valence-corrected chi connectivity index (χ3v) is 3.45. The van der Waals surface area contributed by atoms with E-state index in [0.29, 0.717) is 19.5 Å². The molecule has 0 aliphatic rings. The molecule has 0 fully saturated rings. The van der Waals surface area contributed by atoms with E-state index < -0.39 is 0 Å². The molecule has 0 radical (unpaired) electrons. The third-order valence-electron chi connectivity index (χ3n) is 3.45. The second-order valence-electron chi connectivity index (χ2n) is 6.23. The Morgan fingerprint density at radius 2 is 1.50 bits per heavy atom. The van der Waals surface area contributed by atoms with Gasteiger partial charge in [0.1, 0.15) is 0 Å². The molecule has 0 heterocycles. The first kappa shape index (κ1) is 19.4. The van der Waals surface area contributed by atoms with Gasteiger partial charge in [0.2, 0.25) is 5.91 Å². The number of quaternary nitrogens is 1. The Morgan fingerprint density at radius 3 is 2.05 bits per heavy atom. The Bertz CT molecular complexity index is 237. The van der Waals surface area contributed by atoms with Crippen molar-refractivity contribution in [1.29, 1.82) is 0 Å². The van der Waals surface area contributed by atoms with E-state index in [9.17, 15) is 10.0 Å². The molecule has 0 aliphatic heterocycles. The summed E-state index contributed by atoms with van der Waals surface area (Å²) in [5.74, 6) is 0.132. The van der Waals surface area contributed by atoms with Crippen LogP contribution in [0.25, 0.3) is 0 Å². The number of hydrogen-bond acceptors (Lipinski definition) is 2. The normalized spacial score (nSPS) is 11.6. The van der Waals surface area contributed by atoms with E-state index >= 15 is 0 Å². The largest absolute Gasteiger partial charge is 0.633 e. The van der Waals surface area contributed by atoms with Crippen LogP contribution in [0.4, 0.5) is 0 Å². The molecule has 0 aromatic rings. The van der Waals surface area contributed by atoms with E-state index in [1.54, 1.807) is 14.1 Å². The van der Waals surface area contributed by atoms with Gasteiger partial charge in [0.05, 0.1) is 20.6 Å². The number of hydroxylamine groups is 3. The average molecular weight is 286 g/mol. The van der Waals surface area contributed by atoms with Gasteiger partial charge in [-0.25, -0.2) is 0 Å². The van der Waals surface area contributed by atoms with Crippen LogP contribution < -0.4 is 5.32 Å². The zero-order valence-electron chi connectivity index (χ0n) is 13.7. The van der Waals surface area contributed by atoms with Gasteiger partial charge >= 0.3 is 0 Å². The minimum atomic E-state index is -0.284. The van der Waals surface area contributed by atoms with Gasteiger partial charge in [0.15, 0.2) is 0 Å². The van der Waals surface area contributed by atoms with Crippen molar-refractivity contribution in [2.75, 3.05) is 27.2 Å². The Balaban J connectivity index is 3.25. The molecule has 0 saturated carbocycles. The maximum absolute atomic E-state index is 11.5. The predicted octanol–water partition coefficient (Wildman–Crippen LogP) is 3.60. The van der Waals surface area contributed by atoms with Crippen LogP contribution in [0.2, 0.25) is 0 Å². The molecule has 4 nitrogen and oxygen atoms in total. The van der Waals surface area contributed by atoms with E-state index in [1.165, 1.54) is 38.5 Å². The molecule has 20 heavy (non-hydrogen) atoms. The number of amides is 1. The molecular weight excluding hydrogens is 252 g/mol. The summed E-state index contributed by atoms with van der Waals surface area (Å²) in [4.78, 5) is 11.5. The molecule has 0 saturated heterocycles. The minimum Gasteiger partial charge on any atom is -0.633 e. The molecule has 0 bridgehead atoms. The molecule has 0 rings (SSSR count). The predicted molar refractivity (Wildman–Crippen MR) is 85.2 cm³/mol. The van der Waals surface area contributed by atoms with Crippen LogP contribution in [-0.4, -0.2) is 37.7 Å². The van der Waals surface area contributed by atoms with Gasteiger partial charge in [-0.05, 0) is 6.42 Å². The Labute approximate surface area is 125 Å². The number of nitrogens with zero attached hydrogens (tertiary/aromatic N) is 1. The summed E-state index contributed by atoms with van der Waals surface area (Å²) in [7, 11) is 3.25. The summed E-state index contributed by atoms with van der Waals surface area (Å²) in [6, 6.07) is 0. The molecule has 1 amide bonds. The van der Waals surface area contributed by atoms with Crippen molar-refractivity contribution in [3.8, 4) is 0 Å². The fourth-order valence-corrected chi connectivity index (χ4v) is 2.20. The highest BCUT2D eigenvalue weighted by molar-refractivity contribution is 5.75. The Hall–Kier alpha value is -0.610. The van der Waals surface area contributed by atoms with Crippen LogP contribution in [0, 0.1) is 5.21 Å². The van der Waals surface area contributed by atoms with Gasteiger partial charge < -0.3 is 15.2 Å². The number of hydrogen-bond donors (Lipinski definition) is 1. The van der Waals surface area contributed by atoms with Crippen molar-refractivity contribution >= 4 is 5.91 Å². The SMILES string of the molecule is CCCCCCCCCCC(=O)NCCC[N+](C)(C)[O-]. The lowest BCUT2D eigenvalue weighted by Gasteiger charge is -2.33. The number of unbranched alkanes of at least 4 members (excludes halogenated alkanes) is 7. The van der Waals surface area contributed by atoms with Crippen molar-refractivity contribution in [1.82, 2.24) is 5.32 Å². The topological polar surface area (TPSA) is 52.2 Å². The molecule has 4 heteroatoms. The van der Waals surface area contributed by atoms with Crippen molar-refractivity contribution in [2.45, 2.75) is 71.1 Å². The van der Waals surface area contributed by atoms with Crippen LogP contribution in [0.1, 0.15) is 71.1 Å². The van der Waals surface area contributed by atoms with Gasteiger partial charge in [-0.3, -0.25) is 4.79 Å². The lowest BCUT2D eigenvalue weighted by molar-refractivity contribution is -0.840. The van der Waals surface area contributed by atoms with Gasteiger partial charge in [-0.1, -0.05) is 51.9 Å². The first-order valence-corrected chi connectivity index (χ1v) is 8.26. The van der Waals surface area contributed by atoms with Crippen molar-refractivity contribution in [3.63, 3.8) is 0 Å². The van der Waals surface area contributed by atoms with Gasteiger partial charge in [0.25, 0.3) is 0 Å². The van der Waals surface area contributed by atoms with E-state index in [4.69, 9.17) is 0 Å². The summed E-state index contributed by atoms with van der Waals surface area (Å²) >= 11 is 0. The molecule has 0 aromatic heterocycles. The maximum atomic E-state index is 11.5. The fraction of sp³-hybridized carbons (Fsp3) is 0.938. The van der Waals surface area contributed by atoms with Crippen molar-refractivity contribution < 1.29 is 9.44 Å². The summed E-state index contributed by atoms with van der Waals surface area (Å²) in [5.41, 5.74) is 0. The first-order valence-electron chi connectivity index (χ1n) is 8.26. The van der Waals surface area contributed by atoms with E-state index in [0.717, 1.165) is 19.3 Å². The summed E-state index contributed by atoms with van der Waals surface area (Å²) < 4.78 is -0.284. The molecule has 1 N–H and O–H groups in total. The zero-order valence-corrected chi connectivity index (χ0v) is 13.7. The summed E-state index contributed by atoms with van der Waals surface area (Å²) in [6.07, 6.45) is 11.4. The standard InChI is InChI=1S/C16H34N2O2/c1-4-5-6-7-8-9-10-11-13-16(19)17-14-12-15-18(2,3)20/h4-15H2,1-3H3,(H,17,19). The second-order valence-corrected chi connectivity index (χ2v) is 6.23. The van der Waals surface area contributed by atoms with Gasteiger partial charge in [-0.2, -0.15) is 0 Å². The van der Waals surface area contributed by atoms with Gasteiger partial charge in [-0.15, -0.1) is 0 Å². The highest BCUT2D eigenvalue weighted by Gasteiger charge is 2.03. The zero-order chi connectivity index (χ0) is 15.3. The Morgan fingerprint density at radius 1 is 0.950 bits per heavy atom. The first-order chi connectivity index (χ1) is 9.45. The van der Waals surface area contributed by atoms with Crippen LogP contribution >= 0.6 is 0 Å². The quantitative estimate of drug-likeness (QED) is 0.319. The Kier molecular flexibility index (Phi) is 11.8. The second kappa shape index (κ2) is 12.2. The monoisotopic (exact) mass is 286 g/mol. The van der Waals surface area contributed by atoms with Crippen LogP contribution in [0.3, 0.4) is 0 Å². The van der Waals surface area contributed by atoms with E-state index in [-0.39, 0.29) is 10.6 Å². The van der Waals surface area contributed by atoms with Crippen LogP contribution in [0.15, 0.2) is 0 Å². The summed E-state index contributed by atoms with van der Waals surface area (Å²) in [5, 5.41) is 14.2. The van der Waals surface area contributed by atoms with Crippen molar-refractivity contribution in [2.24, 2.45) is 0 Å². The lowest BCUT2D eigenvalue weighted by Crippen LogP contribution is -2.35. The fourth-order valence-electron chi connectivity index (χ4n) is 2.20. The molecule has 0 atom stereocenters. The maximum Gasteiger partial charge on any atom is 0.219 e. The highest BCUT2D eigenvalue weighted by atomic mass is 16.5. The minimum absolute atomic E-state index is 0.132. The molecule has 0 spiro atoms. The molecule has 0 aromatic carbocycles. The molecule has 0 aliphatic carbocycles. The van der Waals surface area contributed by atoms with Crippen LogP contribution in [0.5, 0.6) is 0 Å². The highest BCUT2D eigenvalue weighted by Crippen LogP contribution is 2.09. The summed E-state index contributed by atoms with van der Waals surface area (Å²) in [6.45, 7) is 3.41. The number of nitrogens with one attached hydrogen (secondary N) is 1. The van der Waals surface area contributed by atoms with Crippen LogP contribution in [-0.2, 0) is 4.79 Å². The van der Waals surface area contributed by atoms with E-state index in [1.807, 2.05) is 0 Å². The average Bonchev–Trinajstić information content (AvgIpc) is 2.37. The smallest absolute Gasteiger partial charge is 0.219 e. The molecule has 120 valence electrons. The number of rotatable bonds is 13. The third kappa shape index (κ3) is 15.4. The lowest BCUT2D eigenvalue weighted by atomic mass is 10.1. The number of carbonyl (C=O) groups excluding carboxylic acids is 1. The van der Waals surface area contributed by atoms with E-state index in [2.05, 4.69) is 12.2 Å². The van der Waals surface area contributed by atoms with Gasteiger partial charge in [0, 0.05) is 19.4 Å².